The van der Waals surface area contributed by atoms with Crippen molar-refractivity contribution in [3.05, 3.63) is 29.8 Å². The normalized spacial score (nSPS) is 12.3. The number of hydrogen-bond donors (Lipinski definition) is 0. The van der Waals surface area contributed by atoms with Gasteiger partial charge in [-0.2, -0.15) is 11.8 Å². The van der Waals surface area contributed by atoms with Crippen LogP contribution in [0.1, 0.15) is 32.3 Å². The Morgan fingerprint density at radius 2 is 2.05 bits per heavy atom. The molecule has 4 heteroatoms. The van der Waals surface area contributed by atoms with Gasteiger partial charge in [0.2, 0.25) is 0 Å². The van der Waals surface area contributed by atoms with Crippen molar-refractivity contribution in [2.45, 2.75) is 32.8 Å². The maximum atomic E-state index is 11.7. The minimum absolute atomic E-state index is 0.316. The van der Waals surface area contributed by atoms with Crippen LogP contribution in [0.4, 0.5) is 0 Å². The van der Waals surface area contributed by atoms with Crippen molar-refractivity contribution in [1.29, 1.82) is 0 Å². The van der Waals surface area contributed by atoms with Crippen LogP contribution in [0, 0.1) is 0 Å². The first-order chi connectivity index (χ1) is 9.04. The van der Waals surface area contributed by atoms with Gasteiger partial charge in [-0.15, -0.1) is 0 Å². The molecule has 1 aromatic rings. The minimum atomic E-state index is -0.579. The van der Waals surface area contributed by atoms with Gasteiger partial charge < -0.3 is 9.47 Å². The summed E-state index contributed by atoms with van der Waals surface area (Å²) in [5, 5.41) is 0. The van der Waals surface area contributed by atoms with E-state index in [2.05, 4.69) is 19.9 Å². The zero-order valence-corrected chi connectivity index (χ0v) is 12.8. The molecule has 0 heterocycles. The molecule has 3 nitrogen and oxygen atoms in total. The zero-order valence-electron chi connectivity index (χ0n) is 12.0. The Balaban J connectivity index is 2.53. The molecule has 0 fully saturated rings. The molecule has 106 valence electrons. The lowest BCUT2D eigenvalue weighted by molar-refractivity contribution is -0.150. The van der Waals surface area contributed by atoms with Gasteiger partial charge in [0.15, 0.2) is 6.10 Å². The van der Waals surface area contributed by atoms with E-state index in [0.29, 0.717) is 18.3 Å². The van der Waals surface area contributed by atoms with Crippen LogP contribution in [0.2, 0.25) is 0 Å². The Hall–Kier alpha value is -1.16. The van der Waals surface area contributed by atoms with Crippen LogP contribution in [-0.4, -0.2) is 30.7 Å². The van der Waals surface area contributed by atoms with Gasteiger partial charge in [0.25, 0.3) is 0 Å². The third-order valence-electron chi connectivity index (χ3n) is 2.70. The summed E-state index contributed by atoms with van der Waals surface area (Å²) in [6.07, 6.45) is 1.40. The molecule has 0 aliphatic rings. The molecule has 0 N–H and O–H groups in total. The number of benzene rings is 1. The molecule has 0 aromatic heterocycles. The number of carbonyl (C=O) groups excluding carboxylic acids is 1. The van der Waals surface area contributed by atoms with Gasteiger partial charge in [0.1, 0.15) is 12.4 Å². The van der Waals surface area contributed by atoms with E-state index in [1.165, 1.54) is 5.56 Å². The summed E-state index contributed by atoms with van der Waals surface area (Å²) >= 11 is 1.65. The van der Waals surface area contributed by atoms with Gasteiger partial charge in [-0.25, -0.2) is 4.79 Å². The highest BCUT2D eigenvalue weighted by atomic mass is 32.2. The van der Waals surface area contributed by atoms with E-state index in [1.54, 1.807) is 18.7 Å². The van der Waals surface area contributed by atoms with Crippen LogP contribution in [0.3, 0.4) is 0 Å². The molecule has 0 aliphatic heterocycles. The van der Waals surface area contributed by atoms with E-state index >= 15 is 0 Å². The predicted octanol–water partition coefficient (Wildman–Crippen LogP) is 3.48. The van der Waals surface area contributed by atoms with Gasteiger partial charge in [-0.1, -0.05) is 26.0 Å². The lowest BCUT2D eigenvalue weighted by Crippen LogP contribution is -2.26. The average molecular weight is 282 g/mol. The average Bonchev–Trinajstić information content (AvgIpc) is 2.39. The summed E-state index contributed by atoms with van der Waals surface area (Å²) < 4.78 is 10.7. The van der Waals surface area contributed by atoms with E-state index in [0.717, 1.165) is 5.75 Å². The first-order valence-electron chi connectivity index (χ1n) is 6.46. The topological polar surface area (TPSA) is 35.5 Å². The molecule has 0 saturated carbocycles. The SMILES string of the molecule is CSCCOC(=O)C(C)Oc1cccc(C(C)C)c1. The molecule has 0 spiro atoms. The molecule has 0 bridgehead atoms. The van der Waals surface area contributed by atoms with Crippen LogP contribution in [0.5, 0.6) is 5.75 Å². The van der Waals surface area contributed by atoms with Crippen molar-refractivity contribution < 1.29 is 14.3 Å². The summed E-state index contributed by atoms with van der Waals surface area (Å²) in [5.41, 5.74) is 1.19. The monoisotopic (exact) mass is 282 g/mol. The van der Waals surface area contributed by atoms with Crippen LogP contribution in [0.15, 0.2) is 24.3 Å². The number of thioether (sulfide) groups is 1. The summed E-state index contributed by atoms with van der Waals surface area (Å²) in [7, 11) is 0. The number of esters is 1. The van der Waals surface area contributed by atoms with Crippen molar-refractivity contribution in [2.24, 2.45) is 0 Å². The quantitative estimate of drug-likeness (QED) is 0.566. The molecule has 1 aromatic carbocycles. The van der Waals surface area contributed by atoms with Gasteiger partial charge in [-0.05, 0) is 36.8 Å². The van der Waals surface area contributed by atoms with Crippen molar-refractivity contribution in [2.75, 3.05) is 18.6 Å². The van der Waals surface area contributed by atoms with Gasteiger partial charge in [0.05, 0.1) is 0 Å². The fraction of sp³-hybridized carbons (Fsp3) is 0.533. The summed E-state index contributed by atoms with van der Waals surface area (Å²) in [5.74, 6) is 1.64. The maximum Gasteiger partial charge on any atom is 0.347 e. The Morgan fingerprint density at radius 3 is 2.68 bits per heavy atom. The number of rotatable bonds is 7. The van der Waals surface area contributed by atoms with Gasteiger partial charge >= 0.3 is 5.97 Å². The van der Waals surface area contributed by atoms with Crippen LogP contribution >= 0.6 is 11.8 Å². The molecule has 19 heavy (non-hydrogen) atoms. The fourth-order valence-corrected chi connectivity index (χ4v) is 1.79. The Morgan fingerprint density at radius 1 is 1.32 bits per heavy atom. The van der Waals surface area contributed by atoms with E-state index in [4.69, 9.17) is 9.47 Å². The Kier molecular flexibility index (Phi) is 6.78. The van der Waals surface area contributed by atoms with Crippen molar-refractivity contribution in [3.8, 4) is 5.75 Å². The first kappa shape index (κ1) is 15.9. The van der Waals surface area contributed by atoms with Crippen LogP contribution < -0.4 is 4.74 Å². The largest absolute Gasteiger partial charge is 0.479 e. The second-order valence-corrected chi connectivity index (χ2v) is 5.63. The smallest absolute Gasteiger partial charge is 0.347 e. The van der Waals surface area contributed by atoms with Crippen LogP contribution in [0.25, 0.3) is 0 Å². The van der Waals surface area contributed by atoms with Crippen molar-refractivity contribution >= 4 is 17.7 Å². The summed E-state index contributed by atoms with van der Waals surface area (Å²) in [4.78, 5) is 11.7. The number of ether oxygens (including phenoxy) is 2. The third-order valence-corrected chi connectivity index (χ3v) is 3.28. The van der Waals surface area contributed by atoms with Gasteiger partial charge in [0, 0.05) is 5.75 Å². The van der Waals surface area contributed by atoms with Crippen LogP contribution in [-0.2, 0) is 9.53 Å². The molecule has 0 saturated heterocycles. The lowest BCUT2D eigenvalue weighted by Gasteiger charge is -2.15. The highest BCUT2D eigenvalue weighted by Crippen LogP contribution is 2.21. The molecule has 0 aliphatic carbocycles. The molecule has 1 unspecified atom stereocenters. The molecule has 1 rings (SSSR count). The summed E-state index contributed by atoms with van der Waals surface area (Å²) in [6, 6.07) is 7.82. The second-order valence-electron chi connectivity index (χ2n) is 4.65. The Bertz CT molecular complexity index is 404. The maximum absolute atomic E-state index is 11.7. The molecule has 1 atom stereocenters. The van der Waals surface area contributed by atoms with Crippen molar-refractivity contribution in [1.82, 2.24) is 0 Å². The van der Waals surface area contributed by atoms with E-state index < -0.39 is 6.10 Å². The van der Waals surface area contributed by atoms with E-state index in [1.807, 2.05) is 24.5 Å². The second kappa shape index (κ2) is 8.10. The molecule has 0 amide bonds. The minimum Gasteiger partial charge on any atom is -0.479 e. The van der Waals surface area contributed by atoms with E-state index in [9.17, 15) is 4.79 Å². The predicted molar refractivity (Wildman–Crippen MR) is 80.0 cm³/mol. The summed E-state index contributed by atoms with van der Waals surface area (Å²) in [6.45, 7) is 6.39. The highest BCUT2D eigenvalue weighted by Gasteiger charge is 2.16. The molecular weight excluding hydrogens is 260 g/mol. The van der Waals surface area contributed by atoms with Gasteiger partial charge in [-0.3, -0.25) is 0 Å². The molecular formula is C15H22O3S. The van der Waals surface area contributed by atoms with E-state index in [-0.39, 0.29) is 5.97 Å². The lowest BCUT2D eigenvalue weighted by atomic mass is 10.0. The Labute approximate surface area is 119 Å². The first-order valence-corrected chi connectivity index (χ1v) is 7.86. The standard InChI is InChI=1S/C15H22O3S/c1-11(2)13-6-5-7-14(10-13)18-12(3)15(16)17-8-9-19-4/h5-7,10-12H,8-9H2,1-4H3. The number of hydrogen-bond acceptors (Lipinski definition) is 4. The van der Waals surface area contributed by atoms with Crippen molar-refractivity contribution in [3.63, 3.8) is 0 Å². The zero-order chi connectivity index (χ0) is 14.3. The highest BCUT2D eigenvalue weighted by molar-refractivity contribution is 7.98. The fourth-order valence-electron chi connectivity index (χ4n) is 1.54. The number of carbonyl (C=O) groups is 1. The molecule has 0 radical (unpaired) electrons. The third kappa shape index (κ3) is 5.55.